The van der Waals surface area contributed by atoms with Crippen LogP contribution < -0.4 is 0 Å². The van der Waals surface area contributed by atoms with Crippen LogP contribution in [0.4, 0.5) is 0 Å². The molecule has 1 aliphatic rings. The second-order valence-corrected chi connectivity index (χ2v) is 7.44. The molecule has 0 N–H and O–H groups in total. The van der Waals surface area contributed by atoms with Crippen molar-refractivity contribution in [3.8, 4) is 0 Å². The molecule has 0 spiro atoms. The highest BCUT2D eigenvalue weighted by atomic mass is 16.7. The average molecular weight is 345 g/mol. The van der Waals surface area contributed by atoms with Gasteiger partial charge in [-0.1, -0.05) is 0 Å². The first-order valence-electron chi connectivity index (χ1n) is 8.00. The Kier molecular flexibility index (Phi) is 5.54. The van der Waals surface area contributed by atoms with Crippen LogP contribution in [0.1, 0.15) is 61.3 Å². The summed E-state index contributed by atoms with van der Waals surface area (Å²) in [5.41, 5.74) is -0.178. The molecule has 0 aliphatic carbocycles. The molecule has 0 atom stereocenters. The molecule has 1 aromatic carbocycles. The maximum atomic E-state index is 12.4. The van der Waals surface area contributed by atoms with Gasteiger partial charge in [-0.2, -0.15) is 5.06 Å². The molecule has 0 aromatic heterocycles. The van der Waals surface area contributed by atoms with Crippen LogP contribution in [-0.4, -0.2) is 34.2 Å². The minimum Gasteiger partial charge on any atom is -0.459 e. The Morgan fingerprint density at radius 2 is 1.40 bits per heavy atom. The number of hydrogen-bond acceptors (Lipinski definition) is 6. The zero-order valence-electron chi connectivity index (χ0n) is 14.9. The topological polar surface area (TPSA) is 65.1 Å². The lowest BCUT2D eigenvalue weighted by atomic mass is 9.80. The quantitative estimate of drug-likeness (QED) is 0.780. The number of carbonyl (C=O) groups excluding carboxylic acids is 2. The number of esters is 2. The lowest BCUT2D eigenvalue weighted by molar-refractivity contribution is -0.263. The van der Waals surface area contributed by atoms with Crippen molar-refractivity contribution in [2.24, 2.45) is 0 Å². The molecule has 6 nitrogen and oxygen atoms in total. The van der Waals surface area contributed by atoms with Crippen molar-refractivity contribution in [3.05, 3.63) is 49.6 Å². The van der Waals surface area contributed by atoms with Gasteiger partial charge in [-0.05, 0) is 52.0 Å². The molecule has 25 heavy (non-hydrogen) atoms. The van der Waals surface area contributed by atoms with E-state index in [0.29, 0.717) is 18.4 Å². The lowest BCUT2D eigenvalue weighted by Gasteiger charge is -2.52. The van der Waals surface area contributed by atoms with E-state index in [2.05, 4.69) is 4.74 Å². The molecule has 1 aliphatic heterocycles. The summed E-state index contributed by atoms with van der Waals surface area (Å²) in [6.07, 6.45) is 0.881. The van der Waals surface area contributed by atoms with Crippen LogP contribution in [0.3, 0.4) is 0 Å². The highest BCUT2D eigenvalue weighted by Gasteiger charge is 2.47. The molecule has 6 heteroatoms. The highest BCUT2D eigenvalue weighted by molar-refractivity contribution is 5.93. The third kappa shape index (κ3) is 4.19. The zero-order valence-corrected chi connectivity index (χ0v) is 14.9. The Hall–Kier alpha value is -1.92. The predicted octanol–water partition coefficient (Wildman–Crippen LogP) is 3.29. The molecule has 1 heterocycles. The van der Waals surface area contributed by atoms with Crippen molar-refractivity contribution < 1.29 is 23.9 Å². The van der Waals surface area contributed by atoms with Crippen molar-refractivity contribution in [2.45, 2.75) is 57.7 Å². The van der Waals surface area contributed by atoms with E-state index in [-0.39, 0.29) is 11.7 Å². The standard InChI is InChI=1S/C19H23NO5/c1-18(2)11-15(12-19(3,4)20(18)24-6)25-17(22)14-9-7-13(8-10-14)16(21)23-5/h5-10,15H,11-12H2,1-4H3. The van der Waals surface area contributed by atoms with Crippen LogP contribution in [0, 0.1) is 14.2 Å². The van der Waals surface area contributed by atoms with E-state index in [0.717, 1.165) is 0 Å². The van der Waals surface area contributed by atoms with Crippen molar-refractivity contribution in [1.82, 2.24) is 5.06 Å². The van der Waals surface area contributed by atoms with Crippen LogP contribution in [0.5, 0.6) is 0 Å². The summed E-state index contributed by atoms with van der Waals surface area (Å²) in [6, 6.07) is 5.93. The second-order valence-electron chi connectivity index (χ2n) is 7.44. The fourth-order valence-electron chi connectivity index (χ4n) is 3.57. The lowest BCUT2D eigenvalue weighted by Crippen LogP contribution is -2.61. The molecular formula is C19H23NO5. The van der Waals surface area contributed by atoms with Gasteiger partial charge >= 0.3 is 11.9 Å². The summed E-state index contributed by atoms with van der Waals surface area (Å²) in [6.45, 7) is 7.92. The first-order valence-corrected chi connectivity index (χ1v) is 8.00. The van der Waals surface area contributed by atoms with Crippen molar-refractivity contribution >= 4 is 11.9 Å². The molecule has 1 saturated heterocycles. The van der Waals surface area contributed by atoms with E-state index in [4.69, 9.17) is 23.8 Å². The Balaban J connectivity index is 2.09. The van der Waals surface area contributed by atoms with E-state index < -0.39 is 23.0 Å². The van der Waals surface area contributed by atoms with Crippen LogP contribution in [-0.2, 0) is 14.3 Å². The molecule has 4 radical (unpaired) electrons. The van der Waals surface area contributed by atoms with E-state index in [1.165, 1.54) is 24.3 Å². The first kappa shape index (κ1) is 19.4. The summed E-state index contributed by atoms with van der Waals surface area (Å²) < 4.78 is 9.81. The summed E-state index contributed by atoms with van der Waals surface area (Å²) in [7, 11) is 10.2. The highest BCUT2D eigenvalue weighted by Crippen LogP contribution is 2.39. The minimum absolute atomic E-state index is 0.259. The summed E-state index contributed by atoms with van der Waals surface area (Å²) in [4.78, 5) is 28.8. The predicted molar refractivity (Wildman–Crippen MR) is 90.0 cm³/mol. The van der Waals surface area contributed by atoms with Crippen LogP contribution in [0.25, 0.3) is 0 Å². The fourth-order valence-corrected chi connectivity index (χ4v) is 3.57. The van der Waals surface area contributed by atoms with Gasteiger partial charge in [0.05, 0.1) is 11.1 Å². The maximum Gasteiger partial charge on any atom is 0.338 e. The smallest absolute Gasteiger partial charge is 0.338 e. The minimum atomic E-state index is -0.669. The van der Waals surface area contributed by atoms with Gasteiger partial charge in [-0.25, -0.2) is 9.59 Å². The third-order valence-electron chi connectivity index (χ3n) is 4.40. The van der Waals surface area contributed by atoms with Gasteiger partial charge < -0.3 is 9.47 Å². The largest absolute Gasteiger partial charge is 0.459 e. The molecule has 0 bridgehead atoms. The second kappa shape index (κ2) is 7.14. The molecule has 1 fully saturated rings. The number of rotatable bonds is 4. The van der Waals surface area contributed by atoms with E-state index in [9.17, 15) is 9.59 Å². The summed E-state index contributed by atoms with van der Waals surface area (Å²) in [5, 5.41) is 1.73. The summed E-state index contributed by atoms with van der Waals surface area (Å²) in [5.74, 6) is -1.12. The van der Waals surface area contributed by atoms with Gasteiger partial charge in [-0.3, -0.25) is 4.84 Å². The Bertz CT molecular complexity index is 618. The van der Waals surface area contributed by atoms with Gasteiger partial charge in [0.2, 0.25) is 0 Å². The van der Waals surface area contributed by atoms with Gasteiger partial charge in [0.1, 0.15) is 13.2 Å². The molecule has 1 aromatic rings. The van der Waals surface area contributed by atoms with Gasteiger partial charge in [0, 0.05) is 23.9 Å². The summed E-state index contributed by atoms with van der Waals surface area (Å²) >= 11 is 0. The third-order valence-corrected chi connectivity index (χ3v) is 4.40. The number of nitrogens with zero attached hydrogens (tertiary/aromatic N) is 1. The Labute approximate surface area is 149 Å². The van der Waals surface area contributed by atoms with Crippen molar-refractivity contribution in [1.29, 1.82) is 0 Å². The zero-order chi connectivity index (χ0) is 18.8. The molecule has 0 unspecified atom stereocenters. The van der Waals surface area contributed by atoms with Gasteiger partial charge in [0.15, 0.2) is 7.11 Å². The van der Waals surface area contributed by atoms with Crippen LogP contribution >= 0.6 is 0 Å². The molecular weight excluding hydrogens is 322 g/mol. The molecule has 134 valence electrons. The number of carbonyl (C=O) groups is 2. The molecule has 0 amide bonds. The molecule has 2 rings (SSSR count). The van der Waals surface area contributed by atoms with Gasteiger partial charge in [0.25, 0.3) is 0 Å². The van der Waals surface area contributed by atoms with Crippen LogP contribution in [0.15, 0.2) is 24.3 Å². The number of hydroxylamine groups is 2. The fraction of sp³-hybridized carbons (Fsp3) is 0.474. The van der Waals surface area contributed by atoms with E-state index >= 15 is 0 Å². The first-order chi connectivity index (χ1) is 11.6. The van der Waals surface area contributed by atoms with Gasteiger partial charge in [-0.15, -0.1) is 0 Å². The van der Waals surface area contributed by atoms with Crippen molar-refractivity contribution in [3.63, 3.8) is 0 Å². The molecule has 0 saturated carbocycles. The average Bonchev–Trinajstić information content (AvgIpc) is 2.52. The Morgan fingerprint density at radius 3 is 1.80 bits per heavy atom. The van der Waals surface area contributed by atoms with E-state index in [1.54, 1.807) is 5.06 Å². The van der Waals surface area contributed by atoms with Crippen molar-refractivity contribution in [2.75, 3.05) is 0 Å². The SMILES string of the molecule is [CH]OC(=O)c1ccc(C(=O)OC2CC(C)(C)N(O[CH])C(C)(C)C2)cc1. The monoisotopic (exact) mass is 345 g/mol. The number of hydrogen-bond donors (Lipinski definition) is 0. The number of ether oxygens (including phenoxy) is 2. The van der Waals surface area contributed by atoms with E-state index in [1.807, 2.05) is 27.7 Å². The Morgan fingerprint density at radius 1 is 0.960 bits per heavy atom. The normalized spacial score (nSPS) is 20.1. The van der Waals surface area contributed by atoms with Crippen LogP contribution in [0.2, 0.25) is 0 Å². The number of benzene rings is 1. The maximum absolute atomic E-state index is 12.4. The number of piperidine rings is 1.